The number of piperazine rings is 1. The van der Waals surface area contributed by atoms with E-state index < -0.39 is 0 Å². The SMILES string of the molecule is COC(=O)N1CCN(CCNC(=O)c2ccccc2SC)CC1. The molecule has 1 aromatic carbocycles. The van der Waals surface area contributed by atoms with E-state index in [1.165, 1.54) is 7.11 Å². The summed E-state index contributed by atoms with van der Waals surface area (Å²) in [5, 5.41) is 2.97. The first-order valence-corrected chi connectivity index (χ1v) is 8.84. The molecule has 1 aliphatic heterocycles. The van der Waals surface area contributed by atoms with Crippen LogP contribution in [0.1, 0.15) is 10.4 Å². The number of rotatable bonds is 5. The highest BCUT2D eigenvalue weighted by molar-refractivity contribution is 7.98. The Bertz CT molecular complexity index is 545. The van der Waals surface area contributed by atoms with E-state index in [1.807, 2.05) is 30.5 Å². The molecule has 0 unspecified atom stereocenters. The van der Waals surface area contributed by atoms with Crippen LogP contribution in [0.5, 0.6) is 0 Å². The molecule has 126 valence electrons. The number of carbonyl (C=O) groups excluding carboxylic acids is 2. The fraction of sp³-hybridized carbons (Fsp3) is 0.500. The van der Waals surface area contributed by atoms with Crippen LogP contribution in [0.25, 0.3) is 0 Å². The van der Waals surface area contributed by atoms with E-state index in [-0.39, 0.29) is 12.0 Å². The van der Waals surface area contributed by atoms with E-state index in [4.69, 9.17) is 4.74 Å². The second-order valence-corrected chi connectivity index (χ2v) is 6.10. The molecule has 0 aromatic heterocycles. The first-order valence-electron chi connectivity index (χ1n) is 7.62. The van der Waals surface area contributed by atoms with Gasteiger partial charge in [0.1, 0.15) is 0 Å². The van der Waals surface area contributed by atoms with E-state index in [2.05, 4.69) is 10.2 Å². The van der Waals surface area contributed by atoms with Gasteiger partial charge in [0.15, 0.2) is 0 Å². The van der Waals surface area contributed by atoms with Crippen molar-refractivity contribution in [3.63, 3.8) is 0 Å². The van der Waals surface area contributed by atoms with Gasteiger partial charge in [0, 0.05) is 44.2 Å². The molecule has 2 amide bonds. The van der Waals surface area contributed by atoms with Crippen LogP contribution < -0.4 is 5.32 Å². The Balaban J connectivity index is 1.73. The molecule has 1 saturated heterocycles. The van der Waals surface area contributed by atoms with E-state index in [1.54, 1.807) is 16.7 Å². The minimum Gasteiger partial charge on any atom is -0.453 e. The van der Waals surface area contributed by atoms with Crippen molar-refractivity contribution in [3.05, 3.63) is 29.8 Å². The highest BCUT2D eigenvalue weighted by Gasteiger charge is 2.21. The Morgan fingerprint density at radius 3 is 2.57 bits per heavy atom. The predicted molar refractivity (Wildman–Crippen MR) is 91.0 cm³/mol. The fourth-order valence-electron chi connectivity index (χ4n) is 2.54. The maximum absolute atomic E-state index is 12.2. The maximum atomic E-state index is 12.2. The molecular formula is C16H23N3O3S. The first kappa shape index (κ1) is 17.6. The summed E-state index contributed by atoms with van der Waals surface area (Å²) in [7, 11) is 1.40. The quantitative estimate of drug-likeness (QED) is 0.826. The molecule has 0 spiro atoms. The van der Waals surface area contributed by atoms with Gasteiger partial charge in [-0.3, -0.25) is 9.69 Å². The third-order valence-electron chi connectivity index (χ3n) is 3.87. The molecule has 0 radical (unpaired) electrons. The van der Waals surface area contributed by atoms with E-state index in [9.17, 15) is 9.59 Å². The minimum atomic E-state index is -0.272. The summed E-state index contributed by atoms with van der Waals surface area (Å²) in [6.07, 6.45) is 1.69. The molecule has 23 heavy (non-hydrogen) atoms. The Labute approximate surface area is 141 Å². The molecule has 1 N–H and O–H groups in total. The molecule has 0 saturated carbocycles. The molecular weight excluding hydrogens is 314 g/mol. The minimum absolute atomic E-state index is 0.0388. The lowest BCUT2D eigenvalue weighted by molar-refractivity contribution is 0.0884. The number of thioether (sulfide) groups is 1. The van der Waals surface area contributed by atoms with Crippen LogP contribution in [0.2, 0.25) is 0 Å². The van der Waals surface area contributed by atoms with Crippen LogP contribution in [0, 0.1) is 0 Å². The average Bonchev–Trinajstić information content (AvgIpc) is 2.61. The van der Waals surface area contributed by atoms with Gasteiger partial charge in [-0.2, -0.15) is 0 Å². The standard InChI is InChI=1S/C16H23N3O3S/c1-22-16(21)19-11-9-18(10-12-19)8-7-17-15(20)13-5-3-4-6-14(13)23-2/h3-6H,7-12H2,1-2H3,(H,17,20). The van der Waals surface area contributed by atoms with Gasteiger partial charge >= 0.3 is 6.09 Å². The molecule has 1 aromatic rings. The van der Waals surface area contributed by atoms with Crippen molar-refractivity contribution < 1.29 is 14.3 Å². The lowest BCUT2D eigenvalue weighted by Gasteiger charge is -2.33. The Hall–Kier alpha value is -1.73. The third-order valence-corrected chi connectivity index (χ3v) is 4.67. The molecule has 1 heterocycles. The Morgan fingerprint density at radius 1 is 1.22 bits per heavy atom. The number of ether oxygens (including phenoxy) is 1. The van der Waals surface area contributed by atoms with Crippen molar-refractivity contribution in [2.24, 2.45) is 0 Å². The van der Waals surface area contributed by atoms with Crippen LogP contribution in [0.15, 0.2) is 29.2 Å². The topological polar surface area (TPSA) is 61.9 Å². The van der Waals surface area contributed by atoms with Crippen molar-refractivity contribution in [2.45, 2.75) is 4.90 Å². The second kappa shape index (κ2) is 8.79. The summed E-state index contributed by atoms with van der Waals surface area (Å²) in [6.45, 7) is 4.30. The molecule has 0 atom stereocenters. The first-order chi connectivity index (χ1) is 11.2. The number of nitrogens with zero attached hydrogens (tertiary/aromatic N) is 2. The van der Waals surface area contributed by atoms with Gasteiger partial charge in [0.25, 0.3) is 5.91 Å². The number of carbonyl (C=O) groups is 2. The summed E-state index contributed by atoms with van der Waals surface area (Å²) in [5.41, 5.74) is 0.718. The Kier molecular flexibility index (Phi) is 6.73. The zero-order chi connectivity index (χ0) is 16.7. The van der Waals surface area contributed by atoms with E-state index >= 15 is 0 Å². The zero-order valence-corrected chi connectivity index (χ0v) is 14.4. The Morgan fingerprint density at radius 2 is 1.91 bits per heavy atom. The van der Waals surface area contributed by atoms with Gasteiger partial charge in [-0.25, -0.2) is 4.79 Å². The van der Waals surface area contributed by atoms with E-state index in [0.29, 0.717) is 19.6 Å². The highest BCUT2D eigenvalue weighted by atomic mass is 32.2. The van der Waals surface area contributed by atoms with Crippen LogP contribution >= 0.6 is 11.8 Å². The normalized spacial score (nSPS) is 15.3. The van der Waals surface area contributed by atoms with Gasteiger partial charge in [-0.1, -0.05) is 12.1 Å². The lowest BCUT2D eigenvalue weighted by Crippen LogP contribution is -2.50. The van der Waals surface area contributed by atoms with Gasteiger partial charge in [-0.05, 0) is 18.4 Å². The molecule has 1 aliphatic rings. The molecule has 0 bridgehead atoms. The fourth-order valence-corrected chi connectivity index (χ4v) is 3.13. The van der Waals surface area contributed by atoms with Gasteiger partial charge in [0.05, 0.1) is 12.7 Å². The van der Waals surface area contributed by atoms with Gasteiger partial charge < -0.3 is 15.0 Å². The van der Waals surface area contributed by atoms with Crippen molar-refractivity contribution in [1.29, 1.82) is 0 Å². The summed E-state index contributed by atoms with van der Waals surface area (Å²) >= 11 is 1.57. The summed E-state index contributed by atoms with van der Waals surface area (Å²) < 4.78 is 4.72. The van der Waals surface area contributed by atoms with Crippen LogP contribution in [-0.4, -0.2) is 74.4 Å². The molecule has 0 aliphatic carbocycles. The summed E-state index contributed by atoms with van der Waals surface area (Å²) in [6, 6.07) is 7.60. The molecule has 6 nitrogen and oxygen atoms in total. The van der Waals surface area contributed by atoms with Crippen LogP contribution in [0.4, 0.5) is 4.79 Å². The molecule has 1 fully saturated rings. The number of benzene rings is 1. The van der Waals surface area contributed by atoms with Crippen molar-refractivity contribution in [3.8, 4) is 0 Å². The third kappa shape index (κ3) is 4.87. The highest BCUT2D eigenvalue weighted by Crippen LogP contribution is 2.19. The zero-order valence-electron chi connectivity index (χ0n) is 13.6. The van der Waals surface area contributed by atoms with E-state index in [0.717, 1.165) is 30.1 Å². The average molecular weight is 337 g/mol. The van der Waals surface area contributed by atoms with Crippen molar-refractivity contribution >= 4 is 23.8 Å². The molecule has 2 rings (SSSR count). The lowest BCUT2D eigenvalue weighted by atomic mass is 10.2. The monoisotopic (exact) mass is 337 g/mol. The number of amides is 2. The van der Waals surface area contributed by atoms with Crippen LogP contribution in [-0.2, 0) is 4.74 Å². The smallest absolute Gasteiger partial charge is 0.409 e. The van der Waals surface area contributed by atoms with Crippen LogP contribution in [0.3, 0.4) is 0 Å². The number of methoxy groups -OCH3 is 1. The van der Waals surface area contributed by atoms with Crippen molar-refractivity contribution in [2.75, 3.05) is 52.6 Å². The maximum Gasteiger partial charge on any atom is 0.409 e. The number of hydrogen-bond donors (Lipinski definition) is 1. The largest absolute Gasteiger partial charge is 0.453 e. The van der Waals surface area contributed by atoms with Gasteiger partial charge in [-0.15, -0.1) is 11.8 Å². The number of nitrogens with one attached hydrogen (secondary N) is 1. The predicted octanol–water partition coefficient (Wildman–Crippen LogP) is 1.52. The summed E-state index contributed by atoms with van der Waals surface area (Å²) in [4.78, 5) is 28.6. The second-order valence-electron chi connectivity index (χ2n) is 5.25. The summed E-state index contributed by atoms with van der Waals surface area (Å²) in [5.74, 6) is -0.0388. The number of hydrogen-bond acceptors (Lipinski definition) is 5. The van der Waals surface area contributed by atoms with Gasteiger partial charge in [0.2, 0.25) is 0 Å². The molecule has 7 heteroatoms. The van der Waals surface area contributed by atoms with Crippen molar-refractivity contribution in [1.82, 2.24) is 15.1 Å².